The van der Waals surface area contributed by atoms with E-state index in [0.717, 1.165) is 23.0 Å². The van der Waals surface area contributed by atoms with Crippen LogP contribution in [0.3, 0.4) is 0 Å². The highest BCUT2D eigenvalue weighted by Crippen LogP contribution is 2.26. The van der Waals surface area contributed by atoms with Gasteiger partial charge in [0.2, 0.25) is 0 Å². The van der Waals surface area contributed by atoms with Crippen molar-refractivity contribution in [1.29, 1.82) is 0 Å². The zero-order chi connectivity index (χ0) is 11.8. The fourth-order valence-electron chi connectivity index (χ4n) is 3.11. The Morgan fingerprint density at radius 1 is 1.41 bits per heavy atom. The number of piperazine rings is 1. The number of hydrogen-bond donors (Lipinski definition) is 0. The molecule has 0 bridgehead atoms. The van der Waals surface area contributed by atoms with Crippen LogP contribution in [0.4, 0.5) is 0 Å². The van der Waals surface area contributed by atoms with E-state index in [0.29, 0.717) is 6.04 Å². The maximum Gasteiger partial charge on any atom is 0.169 e. The molecule has 1 aromatic heterocycles. The van der Waals surface area contributed by atoms with Crippen molar-refractivity contribution >= 4 is 15.9 Å². The largest absolute Gasteiger partial charge is 0.453 e. The van der Waals surface area contributed by atoms with Crippen molar-refractivity contribution in [2.24, 2.45) is 0 Å². The minimum Gasteiger partial charge on any atom is -0.453 e. The maximum atomic E-state index is 5.61. The highest BCUT2D eigenvalue weighted by Gasteiger charge is 2.34. The molecule has 17 heavy (non-hydrogen) atoms. The summed E-state index contributed by atoms with van der Waals surface area (Å²) in [6, 6.07) is 5.46. The molecule has 94 valence electrons. The molecule has 1 aromatic rings. The molecule has 2 atom stereocenters. The van der Waals surface area contributed by atoms with Gasteiger partial charge in [-0.3, -0.25) is 9.80 Å². The summed E-state index contributed by atoms with van der Waals surface area (Å²) in [6.07, 6.45) is 2.74. The van der Waals surface area contributed by atoms with Gasteiger partial charge < -0.3 is 4.42 Å². The quantitative estimate of drug-likeness (QED) is 0.837. The SMILES string of the molecule is C[C@@H]1CN2CCC[C@@H]2CN1Cc1ccc(Br)o1. The Labute approximate surface area is 111 Å². The van der Waals surface area contributed by atoms with Crippen LogP contribution in [-0.4, -0.2) is 41.5 Å². The number of rotatable bonds is 2. The second-order valence-corrected chi connectivity index (χ2v) is 6.06. The van der Waals surface area contributed by atoms with Crippen LogP contribution < -0.4 is 0 Å². The van der Waals surface area contributed by atoms with Gasteiger partial charge in [0.1, 0.15) is 5.76 Å². The molecule has 2 saturated heterocycles. The molecular weight excluding hydrogens is 280 g/mol. The third-order valence-electron chi connectivity index (χ3n) is 4.05. The van der Waals surface area contributed by atoms with Gasteiger partial charge in [0.25, 0.3) is 0 Å². The molecule has 3 nitrogen and oxygen atoms in total. The molecule has 0 radical (unpaired) electrons. The summed E-state index contributed by atoms with van der Waals surface area (Å²) >= 11 is 3.36. The topological polar surface area (TPSA) is 19.6 Å². The molecule has 3 rings (SSSR count). The van der Waals surface area contributed by atoms with E-state index in [9.17, 15) is 0 Å². The molecule has 2 fully saturated rings. The van der Waals surface area contributed by atoms with Crippen molar-refractivity contribution in [1.82, 2.24) is 9.80 Å². The van der Waals surface area contributed by atoms with Gasteiger partial charge in [-0.05, 0) is 54.4 Å². The maximum absolute atomic E-state index is 5.61. The third kappa shape index (κ3) is 2.44. The molecule has 0 N–H and O–H groups in total. The first-order valence-electron chi connectivity index (χ1n) is 6.44. The van der Waals surface area contributed by atoms with E-state index in [2.05, 4.69) is 38.7 Å². The highest BCUT2D eigenvalue weighted by atomic mass is 79.9. The lowest BCUT2D eigenvalue weighted by Crippen LogP contribution is -2.54. The molecule has 0 unspecified atom stereocenters. The van der Waals surface area contributed by atoms with Crippen LogP contribution in [0, 0.1) is 0 Å². The summed E-state index contributed by atoms with van der Waals surface area (Å²) in [6.45, 7) is 6.98. The minimum atomic E-state index is 0.633. The number of nitrogens with zero attached hydrogens (tertiary/aromatic N) is 2. The Bertz CT molecular complexity index is 393. The van der Waals surface area contributed by atoms with Crippen molar-refractivity contribution in [3.8, 4) is 0 Å². The van der Waals surface area contributed by atoms with Crippen molar-refractivity contribution < 1.29 is 4.42 Å². The summed E-state index contributed by atoms with van der Waals surface area (Å²) < 4.78 is 6.44. The van der Waals surface area contributed by atoms with Gasteiger partial charge in [0.15, 0.2) is 4.67 Å². The van der Waals surface area contributed by atoms with Crippen LogP contribution in [0.15, 0.2) is 21.2 Å². The zero-order valence-corrected chi connectivity index (χ0v) is 11.8. The predicted molar refractivity (Wildman–Crippen MR) is 70.9 cm³/mol. The van der Waals surface area contributed by atoms with E-state index in [-0.39, 0.29) is 0 Å². The summed E-state index contributed by atoms with van der Waals surface area (Å²) in [5.41, 5.74) is 0. The molecule has 3 heterocycles. The fraction of sp³-hybridized carbons (Fsp3) is 0.692. The van der Waals surface area contributed by atoms with Gasteiger partial charge in [-0.1, -0.05) is 0 Å². The Balaban J connectivity index is 1.66. The first-order chi connectivity index (χ1) is 8.22. The summed E-state index contributed by atoms with van der Waals surface area (Å²) in [7, 11) is 0. The van der Waals surface area contributed by atoms with E-state index in [1.807, 2.05) is 6.07 Å². The Hall–Kier alpha value is -0.320. The van der Waals surface area contributed by atoms with Crippen LogP contribution in [0.2, 0.25) is 0 Å². The number of halogens is 1. The molecule has 2 aliphatic heterocycles. The monoisotopic (exact) mass is 298 g/mol. The Kier molecular flexibility index (Phi) is 3.28. The van der Waals surface area contributed by atoms with Gasteiger partial charge in [-0.2, -0.15) is 0 Å². The van der Waals surface area contributed by atoms with Gasteiger partial charge in [0.05, 0.1) is 6.54 Å². The molecule has 0 aliphatic carbocycles. The second-order valence-electron chi connectivity index (χ2n) is 5.28. The van der Waals surface area contributed by atoms with Gasteiger partial charge in [0, 0.05) is 25.2 Å². The first-order valence-corrected chi connectivity index (χ1v) is 7.24. The second kappa shape index (κ2) is 4.75. The molecule has 0 amide bonds. The van der Waals surface area contributed by atoms with E-state index >= 15 is 0 Å². The van der Waals surface area contributed by atoms with Gasteiger partial charge in [-0.15, -0.1) is 0 Å². The van der Waals surface area contributed by atoms with Crippen LogP contribution in [0.25, 0.3) is 0 Å². The summed E-state index contributed by atoms with van der Waals surface area (Å²) in [4.78, 5) is 5.21. The van der Waals surface area contributed by atoms with Crippen molar-refractivity contribution in [3.63, 3.8) is 0 Å². The first kappa shape index (κ1) is 11.8. The van der Waals surface area contributed by atoms with E-state index < -0.39 is 0 Å². The molecular formula is C13H19BrN2O. The number of hydrogen-bond acceptors (Lipinski definition) is 3. The zero-order valence-electron chi connectivity index (χ0n) is 10.2. The number of furan rings is 1. The Morgan fingerprint density at radius 2 is 2.29 bits per heavy atom. The number of fused-ring (bicyclic) bond motifs is 1. The summed E-state index contributed by atoms with van der Waals surface area (Å²) in [5, 5.41) is 0. The van der Waals surface area contributed by atoms with Crippen molar-refractivity contribution in [2.75, 3.05) is 19.6 Å². The fourth-order valence-corrected chi connectivity index (χ4v) is 3.45. The highest BCUT2D eigenvalue weighted by molar-refractivity contribution is 9.10. The van der Waals surface area contributed by atoms with Crippen molar-refractivity contribution in [3.05, 3.63) is 22.6 Å². The lowest BCUT2D eigenvalue weighted by atomic mass is 10.1. The van der Waals surface area contributed by atoms with E-state index in [1.54, 1.807) is 0 Å². The molecule has 2 aliphatic rings. The lowest BCUT2D eigenvalue weighted by Gasteiger charge is -2.41. The Morgan fingerprint density at radius 3 is 3.06 bits per heavy atom. The molecule has 0 saturated carbocycles. The van der Waals surface area contributed by atoms with Gasteiger partial charge in [-0.25, -0.2) is 0 Å². The van der Waals surface area contributed by atoms with Crippen LogP contribution in [0.1, 0.15) is 25.5 Å². The minimum absolute atomic E-state index is 0.633. The molecule has 0 aromatic carbocycles. The normalized spacial score (nSPS) is 30.7. The standard InChI is InChI=1S/C13H19BrN2O/c1-10-7-15-6-2-3-11(15)8-16(10)9-12-4-5-13(14)17-12/h4-5,10-11H,2-3,6-9H2,1H3/t10-,11-/m1/s1. The third-order valence-corrected chi connectivity index (χ3v) is 4.48. The molecule has 0 spiro atoms. The average molecular weight is 299 g/mol. The van der Waals surface area contributed by atoms with E-state index in [4.69, 9.17) is 4.42 Å². The van der Waals surface area contributed by atoms with Crippen LogP contribution in [0.5, 0.6) is 0 Å². The van der Waals surface area contributed by atoms with Crippen LogP contribution in [-0.2, 0) is 6.54 Å². The predicted octanol–water partition coefficient (Wildman–Crippen LogP) is 2.71. The van der Waals surface area contributed by atoms with Gasteiger partial charge >= 0.3 is 0 Å². The lowest BCUT2D eigenvalue weighted by molar-refractivity contribution is 0.0492. The van der Waals surface area contributed by atoms with Crippen LogP contribution >= 0.6 is 15.9 Å². The summed E-state index contributed by atoms with van der Waals surface area (Å²) in [5.74, 6) is 1.06. The van der Waals surface area contributed by atoms with Crippen molar-refractivity contribution in [2.45, 2.75) is 38.4 Å². The smallest absolute Gasteiger partial charge is 0.169 e. The average Bonchev–Trinajstić information content (AvgIpc) is 2.88. The van der Waals surface area contributed by atoms with E-state index in [1.165, 1.54) is 32.5 Å². The molecule has 4 heteroatoms.